The molecule has 1 heterocycles. The minimum absolute atomic E-state index is 0.0559. The van der Waals surface area contributed by atoms with E-state index in [4.69, 9.17) is 23.2 Å². The van der Waals surface area contributed by atoms with Gasteiger partial charge < -0.3 is 10.3 Å². The van der Waals surface area contributed by atoms with Crippen LogP contribution in [0.1, 0.15) is 0 Å². The Kier molecular flexibility index (Phi) is 3.81. The first-order valence-electron chi connectivity index (χ1n) is 4.78. The van der Waals surface area contributed by atoms with Crippen molar-refractivity contribution in [3.8, 4) is 0 Å². The fourth-order valence-electron chi connectivity index (χ4n) is 1.29. The Balaban J connectivity index is 2.26. The van der Waals surface area contributed by atoms with Crippen LogP contribution in [0, 0.1) is 0 Å². The van der Waals surface area contributed by atoms with Crippen LogP contribution in [-0.4, -0.2) is 28.7 Å². The summed E-state index contributed by atoms with van der Waals surface area (Å²) in [6, 6.07) is 3.39. The van der Waals surface area contributed by atoms with Gasteiger partial charge in [-0.25, -0.2) is 4.98 Å². The molecule has 1 aromatic carbocycles. The van der Waals surface area contributed by atoms with Gasteiger partial charge in [0.25, 0.3) is 0 Å². The van der Waals surface area contributed by atoms with E-state index in [-0.39, 0.29) is 5.91 Å². The maximum Gasteiger partial charge on any atom is 0.230 e. The van der Waals surface area contributed by atoms with E-state index in [0.29, 0.717) is 26.5 Å². The number of nitrogens with zero attached hydrogens (tertiary/aromatic N) is 1. The Morgan fingerprint density at radius 1 is 1.53 bits per heavy atom. The van der Waals surface area contributed by atoms with E-state index in [9.17, 15) is 4.79 Å². The zero-order chi connectivity index (χ0) is 12.4. The number of hydrogen-bond acceptors (Lipinski definition) is 3. The monoisotopic (exact) mass is 289 g/mol. The fraction of sp³-hybridized carbons (Fsp3) is 0.200. The number of hydrogen-bond donors (Lipinski definition) is 2. The minimum atomic E-state index is -0.0559. The maximum absolute atomic E-state index is 11.1. The van der Waals surface area contributed by atoms with E-state index >= 15 is 0 Å². The Labute approximate surface area is 112 Å². The van der Waals surface area contributed by atoms with Crippen LogP contribution in [0.15, 0.2) is 17.3 Å². The number of H-pyrrole nitrogens is 1. The molecule has 0 saturated heterocycles. The molecule has 1 amide bonds. The maximum atomic E-state index is 11.1. The third-order valence-corrected chi connectivity index (χ3v) is 3.48. The zero-order valence-electron chi connectivity index (χ0n) is 8.88. The molecule has 0 aliphatic carbocycles. The molecule has 90 valence electrons. The zero-order valence-corrected chi connectivity index (χ0v) is 11.2. The number of fused-ring (bicyclic) bond motifs is 1. The molecule has 0 aliphatic rings. The Morgan fingerprint density at radius 3 is 3.00 bits per heavy atom. The number of carbonyl (C=O) groups excluding carboxylic acids is 1. The summed E-state index contributed by atoms with van der Waals surface area (Å²) in [6.07, 6.45) is 0. The highest BCUT2D eigenvalue weighted by Crippen LogP contribution is 2.28. The van der Waals surface area contributed by atoms with Crippen LogP contribution in [0.2, 0.25) is 10.0 Å². The molecule has 0 atom stereocenters. The van der Waals surface area contributed by atoms with Crippen LogP contribution in [0.5, 0.6) is 0 Å². The lowest BCUT2D eigenvalue weighted by molar-refractivity contribution is -0.118. The van der Waals surface area contributed by atoms with Crippen molar-refractivity contribution < 1.29 is 4.79 Å². The van der Waals surface area contributed by atoms with Gasteiger partial charge in [-0.15, -0.1) is 0 Å². The number of rotatable bonds is 3. The van der Waals surface area contributed by atoms with Gasteiger partial charge in [-0.1, -0.05) is 35.0 Å². The summed E-state index contributed by atoms with van der Waals surface area (Å²) >= 11 is 13.2. The standard InChI is InChI=1S/C10H9Cl2N3OS/c1-13-8(16)4-17-10-14-7-3-5(11)2-6(12)9(7)15-10/h2-3H,4H2,1H3,(H,13,16)(H,14,15). The molecular weight excluding hydrogens is 281 g/mol. The second-order valence-corrected chi connectivity index (χ2v) is 5.10. The first kappa shape index (κ1) is 12.5. The topological polar surface area (TPSA) is 57.8 Å². The quantitative estimate of drug-likeness (QED) is 0.854. The highest BCUT2D eigenvalue weighted by molar-refractivity contribution is 7.99. The summed E-state index contributed by atoms with van der Waals surface area (Å²) in [7, 11) is 1.60. The molecule has 0 fully saturated rings. The van der Waals surface area contributed by atoms with Crippen molar-refractivity contribution in [1.29, 1.82) is 0 Å². The van der Waals surface area contributed by atoms with Gasteiger partial charge >= 0.3 is 0 Å². The van der Waals surface area contributed by atoms with Gasteiger partial charge in [-0.05, 0) is 12.1 Å². The number of thioether (sulfide) groups is 1. The third-order valence-electron chi connectivity index (χ3n) is 2.10. The van der Waals surface area contributed by atoms with Gasteiger partial charge in [0, 0.05) is 12.1 Å². The summed E-state index contributed by atoms with van der Waals surface area (Å²) < 4.78 is 0. The number of aromatic nitrogens is 2. The first-order valence-corrected chi connectivity index (χ1v) is 6.52. The summed E-state index contributed by atoms with van der Waals surface area (Å²) in [5.41, 5.74) is 1.43. The van der Waals surface area contributed by atoms with Gasteiger partial charge in [-0.3, -0.25) is 4.79 Å². The van der Waals surface area contributed by atoms with Crippen molar-refractivity contribution in [2.75, 3.05) is 12.8 Å². The van der Waals surface area contributed by atoms with Crippen LogP contribution in [0.3, 0.4) is 0 Å². The summed E-state index contributed by atoms with van der Waals surface area (Å²) in [4.78, 5) is 18.5. The molecule has 0 saturated carbocycles. The Bertz CT molecular complexity index is 570. The number of amides is 1. The number of nitrogens with one attached hydrogen (secondary N) is 2. The van der Waals surface area contributed by atoms with E-state index in [1.807, 2.05) is 0 Å². The molecule has 2 N–H and O–H groups in total. The molecule has 0 aliphatic heterocycles. The van der Waals surface area contributed by atoms with E-state index in [2.05, 4.69) is 15.3 Å². The Hall–Kier alpha value is -0.910. The smallest absolute Gasteiger partial charge is 0.230 e. The first-order chi connectivity index (χ1) is 8.10. The molecule has 17 heavy (non-hydrogen) atoms. The van der Waals surface area contributed by atoms with Crippen LogP contribution < -0.4 is 5.32 Å². The molecular formula is C10H9Cl2N3OS. The molecule has 7 heteroatoms. The van der Waals surface area contributed by atoms with Gasteiger partial charge in [0.05, 0.1) is 16.3 Å². The van der Waals surface area contributed by atoms with E-state index < -0.39 is 0 Å². The average Bonchev–Trinajstić information content (AvgIpc) is 2.69. The number of carbonyl (C=O) groups is 1. The van der Waals surface area contributed by atoms with Gasteiger partial charge in [0.1, 0.15) is 5.52 Å². The lowest BCUT2D eigenvalue weighted by Gasteiger charge is -1.95. The number of halogens is 2. The van der Waals surface area contributed by atoms with Gasteiger partial charge in [0.2, 0.25) is 5.91 Å². The second kappa shape index (κ2) is 5.16. The number of benzene rings is 1. The van der Waals surface area contributed by atoms with Crippen molar-refractivity contribution >= 4 is 51.9 Å². The lowest BCUT2D eigenvalue weighted by Crippen LogP contribution is -2.19. The van der Waals surface area contributed by atoms with Crippen LogP contribution in [0.25, 0.3) is 11.0 Å². The van der Waals surface area contributed by atoms with Crippen molar-refractivity contribution in [2.45, 2.75) is 5.16 Å². The van der Waals surface area contributed by atoms with Crippen molar-refractivity contribution in [3.05, 3.63) is 22.2 Å². The molecule has 2 aromatic rings. The van der Waals surface area contributed by atoms with Crippen molar-refractivity contribution in [1.82, 2.24) is 15.3 Å². The molecule has 0 radical (unpaired) electrons. The highest BCUT2D eigenvalue weighted by atomic mass is 35.5. The fourth-order valence-corrected chi connectivity index (χ4v) is 2.58. The third kappa shape index (κ3) is 2.86. The summed E-state index contributed by atoms with van der Waals surface area (Å²) in [5.74, 6) is 0.251. The highest BCUT2D eigenvalue weighted by Gasteiger charge is 2.09. The normalized spacial score (nSPS) is 10.8. The van der Waals surface area contributed by atoms with Crippen LogP contribution in [0.4, 0.5) is 0 Å². The molecule has 0 spiro atoms. The molecule has 2 rings (SSSR count). The van der Waals surface area contributed by atoms with E-state index in [1.54, 1.807) is 19.2 Å². The number of aromatic amines is 1. The largest absolute Gasteiger partial charge is 0.358 e. The lowest BCUT2D eigenvalue weighted by atomic mass is 10.3. The van der Waals surface area contributed by atoms with E-state index in [1.165, 1.54) is 11.8 Å². The van der Waals surface area contributed by atoms with Crippen molar-refractivity contribution in [2.24, 2.45) is 0 Å². The number of imidazole rings is 1. The minimum Gasteiger partial charge on any atom is -0.358 e. The molecule has 4 nitrogen and oxygen atoms in total. The van der Waals surface area contributed by atoms with Crippen LogP contribution >= 0.6 is 35.0 Å². The summed E-state index contributed by atoms with van der Waals surface area (Å²) in [6.45, 7) is 0. The predicted molar refractivity (Wildman–Crippen MR) is 70.9 cm³/mol. The van der Waals surface area contributed by atoms with Crippen LogP contribution in [-0.2, 0) is 4.79 Å². The SMILES string of the molecule is CNC(=O)CSc1nc2c(Cl)cc(Cl)cc2[nH]1. The molecule has 0 unspecified atom stereocenters. The van der Waals surface area contributed by atoms with Gasteiger partial charge in [0.15, 0.2) is 5.16 Å². The predicted octanol–water partition coefficient (Wildman–Crippen LogP) is 2.71. The van der Waals surface area contributed by atoms with Crippen molar-refractivity contribution in [3.63, 3.8) is 0 Å². The average molecular weight is 290 g/mol. The summed E-state index contributed by atoms with van der Waals surface area (Å²) in [5, 5.41) is 4.23. The van der Waals surface area contributed by atoms with E-state index in [0.717, 1.165) is 5.52 Å². The Morgan fingerprint density at radius 2 is 2.29 bits per heavy atom. The van der Waals surface area contributed by atoms with Gasteiger partial charge in [-0.2, -0.15) is 0 Å². The molecule has 0 bridgehead atoms. The molecule has 1 aromatic heterocycles. The second-order valence-electron chi connectivity index (χ2n) is 3.29.